The average Bonchev–Trinajstić information content (AvgIpc) is 2.77. The number of rotatable bonds is 5. The first-order chi connectivity index (χ1) is 14.2. The summed E-state index contributed by atoms with van der Waals surface area (Å²) in [7, 11) is 0. The number of aromatic nitrogens is 1. The fourth-order valence-electron chi connectivity index (χ4n) is 3.63. The second-order valence-corrected chi connectivity index (χ2v) is 7.20. The van der Waals surface area contributed by atoms with Crippen molar-refractivity contribution in [2.45, 2.75) is 12.8 Å². The minimum Gasteiger partial charge on any atom is -0.378 e. The SMILES string of the molecule is Cc1ccc(C(C(=O)Nc2ccccc2N2CCOCC2)c2ccccn2)cc1. The van der Waals surface area contributed by atoms with Crippen LogP contribution in [0.25, 0.3) is 0 Å². The summed E-state index contributed by atoms with van der Waals surface area (Å²) in [6.45, 7) is 5.06. The molecule has 4 rings (SSSR count). The molecule has 0 aliphatic carbocycles. The van der Waals surface area contributed by atoms with Crippen LogP contribution >= 0.6 is 0 Å². The topological polar surface area (TPSA) is 54.5 Å². The molecule has 1 fully saturated rings. The van der Waals surface area contributed by atoms with Gasteiger partial charge < -0.3 is 15.0 Å². The van der Waals surface area contributed by atoms with Gasteiger partial charge in [0.1, 0.15) is 5.92 Å². The van der Waals surface area contributed by atoms with Gasteiger partial charge in [-0.2, -0.15) is 0 Å². The van der Waals surface area contributed by atoms with Crippen molar-refractivity contribution >= 4 is 17.3 Å². The normalized spacial score (nSPS) is 15.0. The number of nitrogens with zero attached hydrogens (tertiary/aromatic N) is 2. The summed E-state index contributed by atoms with van der Waals surface area (Å²) in [5.41, 5.74) is 4.65. The van der Waals surface area contributed by atoms with Crippen molar-refractivity contribution in [2.24, 2.45) is 0 Å². The Balaban J connectivity index is 1.65. The summed E-state index contributed by atoms with van der Waals surface area (Å²) < 4.78 is 5.47. The molecule has 1 aliphatic rings. The van der Waals surface area contributed by atoms with Gasteiger partial charge in [0, 0.05) is 19.3 Å². The largest absolute Gasteiger partial charge is 0.378 e. The number of benzene rings is 2. The van der Waals surface area contributed by atoms with E-state index in [1.54, 1.807) is 6.20 Å². The lowest BCUT2D eigenvalue weighted by Crippen LogP contribution is -2.37. The predicted octanol–water partition coefficient (Wildman–Crippen LogP) is 4.00. The molecule has 29 heavy (non-hydrogen) atoms. The Kier molecular flexibility index (Phi) is 5.86. The molecule has 0 spiro atoms. The molecule has 0 saturated carbocycles. The van der Waals surface area contributed by atoms with E-state index in [1.807, 2.05) is 73.7 Å². The third-order valence-corrected chi connectivity index (χ3v) is 5.17. The second-order valence-electron chi connectivity index (χ2n) is 7.20. The van der Waals surface area contributed by atoms with Crippen LogP contribution in [0.4, 0.5) is 11.4 Å². The lowest BCUT2D eigenvalue weighted by atomic mass is 9.93. The van der Waals surface area contributed by atoms with Gasteiger partial charge in [0.2, 0.25) is 5.91 Å². The number of nitrogens with one attached hydrogen (secondary N) is 1. The fourth-order valence-corrected chi connectivity index (χ4v) is 3.63. The maximum Gasteiger partial charge on any atom is 0.238 e. The van der Waals surface area contributed by atoms with Gasteiger partial charge in [-0.15, -0.1) is 0 Å². The van der Waals surface area contributed by atoms with Crippen molar-refractivity contribution in [1.29, 1.82) is 0 Å². The second kappa shape index (κ2) is 8.88. The number of amides is 1. The fraction of sp³-hybridized carbons (Fsp3) is 0.250. The van der Waals surface area contributed by atoms with Crippen molar-refractivity contribution in [3.8, 4) is 0 Å². The highest BCUT2D eigenvalue weighted by Crippen LogP contribution is 2.30. The van der Waals surface area contributed by atoms with E-state index >= 15 is 0 Å². The minimum absolute atomic E-state index is 0.0896. The van der Waals surface area contributed by atoms with Crippen LogP contribution in [0.3, 0.4) is 0 Å². The van der Waals surface area contributed by atoms with Gasteiger partial charge in [-0.1, -0.05) is 48.0 Å². The van der Waals surface area contributed by atoms with Gasteiger partial charge in [0.15, 0.2) is 0 Å². The summed E-state index contributed by atoms with van der Waals surface area (Å²) in [4.78, 5) is 20.2. The molecule has 1 saturated heterocycles. The standard InChI is InChI=1S/C24H25N3O2/c1-18-9-11-19(12-10-18)23(21-7-4-5-13-25-21)24(28)26-20-6-2-3-8-22(20)27-14-16-29-17-15-27/h2-13,23H,14-17H2,1H3,(H,26,28). The number of pyridine rings is 1. The van der Waals surface area contributed by atoms with Crippen LogP contribution in [0, 0.1) is 6.92 Å². The number of ether oxygens (including phenoxy) is 1. The quantitative estimate of drug-likeness (QED) is 0.719. The molecule has 2 aromatic carbocycles. The molecule has 1 unspecified atom stereocenters. The summed E-state index contributed by atoms with van der Waals surface area (Å²) in [5.74, 6) is -0.567. The number of para-hydroxylation sites is 2. The first kappa shape index (κ1) is 19.2. The molecule has 1 aromatic heterocycles. The molecule has 5 nitrogen and oxygen atoms in total. The smallest absolute Gasteiger partial charge is 0.238 e. The highest BCUT2D eigenvalue weighted by Gasteiger charge is 2.25. The summed E-state index contributed by atoms with van der Waals surface area (Å²) >= 11 is 0. The van der Waals surface area contributed by atoms with Gasteiger partial charge in [-0.3, -0.25) is 9.78 Å². The molecule has 148 valence electrons. The first-order valence-corrected chi connectivity index (χ1v) is 9.92. The summed E-state index contributed by atoms with van der Waals surface area (Å²) in [6.07, 6.45) is 1.73. The van der Waals surface area contributed by atoms with E-state index in [2.05, 4.69) is 15.2 Å². The monoisotopic (exact) mass is 387 g/mol. The molecule has 1 amide bonds. The lowest BCUT2D eigenvalue weighted by Gasteiger charge is -2.30. The van der Waals surface area contributed by atoms with E-state index < -0.39 is 5.92 Å². The highest BCUT2D eigenvalue weighted by molar-refractivity contribution is 6.00. The van der Waals surface area contributed by atoms with Crippen LogP contribution in [-0.2, 0) is 9.53 Å². The molecule has 0 radical (unpaired) electrons. The zero-order chi connectivity index (χ0) is 20.1. The Bertz CT molecular complexity index is 951. The minimum atomic E-state index is -0.477. The number of aryl methyl sites for hydroxylation is 1. The number of morpholine rings is 1. The van der Waals surface area contributed by atoms with Gasteiger partial charge in [-0.05, 0) is 36.8 Å². The van der Waals surface area contributed by atoms with Crippen LogP contribution in [0.15, 0.2) is 72.9 Å². The highest BCUT2D eigenvalue weighted by atomic mass is 16.5. The van der Waals surface area contributed by atoms with Crippen molar-refractivity contribution < 1.29 is 9.53 Å². The number of carbonyl (C=O) groups excluding carboxylic acids is 1. The molecule has 1 N–H and O–H groups in total. The van der Waals surface area contributed by atoms with E-state index in [0.717, 1.165) is 41.3 Å². The van der Waals surface area contributed by atoms with Crippen molar-refractivity contribution in [3.63, 3.8) is 0 Å². The van der Waals surface area contributed by atoms with Gasteiger partial charge in [0.05, 0.1) is 30.3 Å². The molecule has 0 bridgehead atoms. The van der Waals surface area contributed by atoms with Gasteiger partial charge >= 0.3 is 0 Å². The number of anilines is 2. The van der Waals surface area contributed by atoms with Gasteiger partial charge in [0.25, 0.3) is 0 Å². The van der Waals surface area contributed by atoms with Crippen LogP contribution in [-0.4, -0.2) is 37.2 Å². The maximum atomic E-state index is 13.4. The average molecular weight is 387 g/mol. The van der Waals surface area contributed by atoms with Crippen molar-refractivity contribution in [1.82, 2.24) is 4.98 Å². The molecule has 1 aliphatic heterocycles. The summed E-state index contributed by atoms with van der Waals surface area (Å²) in [5, 5.41) is 3.16. The third-order valence-electron chi connectivity index (χ3n) is 5.17. The summed E-state index contributed by atoms with van der Waals surface area (Å²) in [6, 6.07) is 21.7. The Morgan fingerprint density at radius 3 is 2.45 bits per heavy atom. The lowest BCUT2D eigenvalue weighted by molar-refractivity contribution is -0.116. The number of hydrogen-bond donors (Lipinski definition) is 1. The zero-order valence-corrected chi connectivity index (χ0v) is 16.5. The predicted molar refractivity (Wildman–Crippen MR) is 115 cm³/mol. The van der Waals surface area contributed by atoms with Crippen LogP contribution < -0.4 is 10.2 Å². The Morgan fingerprint density at radius 2 is 1.72 bits per heavy atom. The Hall–Kier alpha value is -3.18. The molecular formula is C24H25N3O2. The van der Waals surface area contributed by atoms with E-state index in [1.165, 1.54) is 0 Å². The van der Waals surface area contributed by atoms with Gasteiger partial charge in [-0.25, -0.2) is 0 Å². The van der Waals surface area contributed by atoms with Crippen LogP contribution in [0.2, 0.25) is 0 Å². The van der Waals surface area contributed by atoms with E-state index in [9.17, 15) is 4.79 Å². The van der Waals surface area contributed by atoms with Crippen molar-refractivity contribution in [2.75, 3.05) is 36.5 Å². The Labute approximate surface area is 171 Å². The number of hydrogen-bond acceptors (Lipinski definition) is 4. The molecule has 1 atom stereocenters. The Morgan fingerprint density at radius 1 is 1.00 bits per heavy atom. The molecule has 3 aromatic rings. The maximum absolute atomic E-state index is 13.4. The molecular weight excluding hydrogens is 362 g/mol. The molecule has 5 heteroatoms. The van der Waals surface area contributed by atoms with Crippen molar-refractivity contribution in [3.05, 3.63) is 89.7 Å². The first-order valence-electron chi connectivity index (χ1n) is 9.92. The number of carbonyl (C=O) groups is 1. The third kappa shape index (κ3) is 4.46. The van der Waals surface area contributed by atoms with Crippen LogP contribution in [0.1, 0.15) is 22.7 Å². The zero-order valence-electron chi connectivity index (χ0n) is 16.5. The van der Waals surface area contributed by atoms with Crippen LogP contribution in [0.5, 0.6) is 0 Å². The van der Waals surface area contributed by atoms with E-state index in [4.69, 9.17) is 4.74 Å². The van der Waals surface area contributed by atoms with E-state index in [-0.39, 0.29) is 5.91 Å². The van der Waals surface area contributed by atoms with E-state index in [0.29, 0.717) is 13.2 Å². The molecule has 2 heterocycles.